The van der Waals surface area contributed by atoms with Crippen LogP contribution in [0.2, 0.25) is 0 Å². The van der Waals surface area contributed by atoms with Gasteiger partial charge in [-0.3, -0.25) is 4.79 Å². The number of ether oxygens (including phenoxy) is 2. The highest BCUT2D eigenvalue weighted by Gasteiger charge is 2.63. The number of hydrogen-bond donors (Lipinski definition) is 1. The first-order valence-corrected chi connectivity index (χ1v) is 7.87. The van der Waals surface area contributed by atoms with Gasteiger partial charge < -0.3 is 14.8 Å². The van der Waals surface area contributed by atoms with Crippen molar-refractivity contribution < 1.29 is 14.3 Å². The fraction of sp³-hybridized carbons (Fsp3) is 0.588. The maximum atomic E-state index is 12.6. The largest absolute Gasteiger partial charge is 0.462 e. The molecular formula is C17H21NO3. The van der Waals surface area contributed by atoms with E-state index in [1.165, 1.54) is 5.56 Å². The van der Waals surface area contributed by atoms with Gasteiger partial charge in [0.2, 0.25) is 0 Å². The van der Waals surface area contributed by atoms with Gasteiger partial charge in [-0.05, 0) is 12.0 Å². The van der Waals surface area contributed by atoms with E-state index < -0.39 is 0 Å². The zero-order chi connectivity index (χ0) is 14.3. The van der Waals surface area contributed by atoms with Crippen LogP contribution in [0, 0.1) is 5.92 Å². The van der Waals surface area contributed by atoms with Crippen LogP contribution >= 0.6 is 0 Å². The van der Waals surface area contributed by atoms with Crippen molar-refractivity contribution in [3.63, 3.8) is 0 Å². The smallest absolute Gasteiger partial charge is 0.311 e. The van der Waals surface area contributed by atoms with E-state index >= 15 is 0 Å². The average molecular weight is 287 g/mol. The normalized spacial score (nSPS) is 35.2. The van der Waals surface area contributed by atoms with Crippen molar-refractivity contribution >= 4 is 5.97 Å². The summed E-state index contributed by atoms with van der Waals surface area (Å²) in [7, 11) is 0. The highest BCUT2D eigenvalue weighted by molar-refractivity contribution is 5.79. The Morgan fingerprint density at radius 3 is 2.71 bits per heavy atom. The molecule has 3 saturated heterocycles. The number of hydrogen-bond acceptors (Lipinski definition) is 4. The van der Waals surface area contributed by atoms with Crippen LogP contribution in [0.15, 0.2) is 30.3 Å². The van der Waals surface area contributed by atoms with Crippen molar-refractivity contribution in [1.82, 2.24) is 5.32 Å². The van der Waals surface area contributed by atoms with Crippen molar-refractivity contribution in [2.24, 2.45) is 5.92 Å². The molecule has 4 heteroatoms. The molecule has 3 atom stereocenters. The zero-order valence-electron chi connectivity index (χ0n) is 12.1. The molecule has 3 heterocycles. The van der Waals surface area contributed by atoms with E-state index in [0.29, 0.717) is 13.2 Å². The molecule has 5 rings (SSSR count). The number of rotatable bonds is 3. The third-order valence-corrected chi connectivity index (χ3v) is 5.32. The summed E-state index contributed by atoms with van der Waals surface area (Å²) in [6.45, 7) is 2.29. The molecular weight excluding hydrogens is 266 g/mol. The minimum atomic E-state index is -0.0474. The second-order valence-corrected chi connectivity index (χ2v) is 6.44. The van der Waals surface area contributed by atoms with Gasteiger partial charge in [0, 0.05) is 30.8 Å². The molecule has 0 spiro atoms. The SMILES string of the molecule is O=C(OC1CCOCC1)C1C2CC1(c1ccccc1)CN2. The zero-order valence-corrected chi connectivity index (χ0v) is 12.1. The lowest BCUT2D eigenvalue weighted by atomic mass is 9.57. The lowest BCUT2D eigenvalue weighted by molar-refractivity contribution is -0.164. The van der Waals surface area contributed by atoms with Gasteiger partial charge in [-0.2, -0.15) is 0 Å². The summed E-state index contributed by atoms with van der Waals surface area (Å²) in [4.78, 5) is 12.6. The third-order valence-electron chi connectivity index (χ3n) is 5.32. The Morgan fingerprint density at radius 1 is 1.24 bits per heavy atom. The van der Waals surface area contributed by atoms with Crippen molar-refractivity contribution in [2.45, 2.75) is 36.8 Å². The van der Waals surface area contributed by atoms with Crippen molar-refractivity contribution in [2.75, 3.05) is 19.8 Å². The molecule has 0 radical (unpaired) electrons. The number of benzene rings is 1. The number of carbonyl (C=O) groups is 1. The number of esters is 1. The molecule has 0 amide bonds. The fourth-order valence-electron chi connectivity index (χ4n) is 4.14. The molecule has 4 fully saturated rings. The Bertz CT molecular complexity index is 522. The monoisotopic (exact) mass is 287 g/mol. The van der Waals surface area contributed by atoms with E-state index in [-0.39, 0.29) is 29.4 Å². The van der Waals surface area contributed by atoms with Crippen molar-refractivity contribution in [3.8, 4) is 0 Å². The predicted octanol–water partition coefficient (Wildman–Crippen LogP) is 1.64. The minimum Gasteiger partial charge on any atom is -0.462 e. The Kier molecular flexibility index (Phi) is 3.23. The number of fused-ring (bicyclic) bond motifs is 1. The van der Waals surface area contributed by atoms with Crippen LogP contribution in [0.3, 0.4) is 0 Å². The van der Waals surface area contributed by atoms with Gasteiger partial charge in [-0.15, -0.1) is 0 Å². The summed E-state index contributed by atoms with van der Waals surface area (Å²) in [5.74, 6) is -0.0465. The molecule has 4 aliphatic rings. The molecule has 2 bridgehead atoms. The second-order valence-electron chi connectivity index (χ2n) is 6.44. The summed E-state index contributed by atoms with van der Waals surface area (Å²) < 4.78 is 11.1. The predicted molar refractivity (Wildman–Crippen MR) is 78.0 cm³/mol. The Morgan fingerprint density at radius 2 is 2.00 bits per heavy atom. The Labute approximate surface area is 124 Å². The molecule has 21 heavy (non-hydrogen) atoms. The molecule has 112 valence electrons. The highest BCUT2D eigenvalue weighted by Crippen LogP contribution is 2.53. The van der Waals surface area contributed by atoms with Gasteiger partial charge in [-0.25, -0.2) is 0 Å². The number of nitrogens with one attached hydrogen (secondary N) is 1. The molecule has 1 N–H and O–H groups in total. The third kappa shape index (κ3) is 2.09. The Balaban J connectivity index is 1.51. The lowest BCUT2D eigenvalue weighted by Crippen LogP contribution is -2.54. The summed E-state index contributed by atoms with van der Waals surface area (Å²) in [6.07, 6.45) is 2.74. The molecule has 1 saturated carbocycles. The Hall–Kier alpha value is -1.39. The summed E-state index contributed by atoms with van der Waals surface area (Å²) in [5.41, 5.74) is 1.22. The molecule has 1 aliphatic carbocycles. The van der Waals surface area contributed by atoms with Crippen LogP contribution in [-0.2, 0) is 19.7 Å². The van der Waals surface area contributed by atoms with Gasteiger partial charge in [0.15, 0.2) is 0 Å². The van der Waals surface area contributed by atoms with Crippen molar-refractivity contribution in [1.29, 1.82) is 0 Å². The van der Waals surface area contributed by atoms with Crippen LogP contribution in [-0.4, -0.2) is 37.9 Å². The van der Waals surface area contributed by atoms with Crippen LogP contribution in [0.5, 0.6) is 0 Å². The maximum absolute atomic E-state index is 12.6. The summed E-state index contributed by atoms with van der Waals surface area (Å²) in [6, 6.07) is 10.7. The molecule has 1 aromatic carbocycles. The first kappa shape index (κ1) is 13.3. The van der Waals surface area contributed by atoms with E-state index in [0.717, 1.165) is 25.8 Å². The number of carbonyl (C=O) groups excluding carboxylic acids is 1. The molecule has 4 nitrogen and oxygen atoms in total. The van der Waals surface area contributed by atoms with Crippen LogP contribution in [0.4, 0.5) is 0 Å². The van der Waals surface area contributed by atoms with Gasteiger partial charge >= 0.3 is 5.97 Å². The first-order chi connectivity index (χ1) is 10.3. The average Bonchev–Trinajstić information content (AvgIpc) is 3.09. The lowest BCUT2D eigenvalue weighted by Gasteiger charge is -2.45. The van der Waals surface area contributed by atoms with Gasteiger partial charge in [0.05, 0.1) is 19.1 Å². The van der Waals surface area contributed by atoms with Gasteiger partial charge in [0.25, 0.3) is 0 Å². The van der Waals surface area contributed by atoms with Crippen LogP contribution < -0.4 is 5.32 Å². The topological polar surface area (TPSA) is 47.6 Å². The van der Waals surface area contributed by atoms with Crippen molar-refractivity contribution in [3.05, 3.63) is 35.9 Å². The minimum absolute atomic E-state index is 0.0213. The molecule has 3 unspecified atom stereocenters. The van der Waals surface area contributed by atoms with Crippen LogP contribution in [0.25, 0.3) is 0 Å². The second kappa shape index (κ2) is 5.11. The first-order valence-electron chi connectivity index (χ1n) is 7.87. The fourth-order valence-corrected chi connectivity index (χ4v) is 4.14. The molecule has 0 aromatic heterocycles. The van der Waals surface area contributed by atoms with E-state index in [2.05, 4.69) is 29.6 Å². The standard InChI is InChI=1S/C17H21NO3/c19-16(21-13-6-8-20-9-7-13)15-14-10-17(15,11-18-14)12-4-2-1-3-5-12/h1-5,13-15,18H,6-11H2. The van der Waals surface area contributed by atoms with E-state index in [1.807, 2.05) is 6.07 Å². The summed E-state index contributed by atoms with van der Waals surface area (Å²) >= 11 is 0. The van der Waals surface area contributed by atoms with Crippen LogP contribution in [0.1, 0.15) is 24.8 Å². The summed E-state index contributed by atoms with van der Waals surface area (Å²) in [5, 5.41) is 3.48. The quantitative estimate of drug-likeness (QED) is 0.859. The van der Waals surface area contributed by atoms with E-state index in [4.69, 9.17) is 9.47 Å². The van der Waals surface area contributed by atoms with E-state index in [1.54, 1.807) is 0 Å². The molecule has 1 aromatic rings. The maximum Gasteiger partial charge on any atom is 0.311 e. The van der Waals surface area contributed by atoms with E-state index in [9.17, 15) is 4.79 Å². The van der Waals surface area contributed by atoms with Gasteiger partial charge in [-0.1, -0.05) is 30.3 Å². The molecule has 3 aliphatic heterocycles. The highest BCUT2D eigenvalue weighted by atomic mass is 16.6. The van der Waals surface area contributed by atoms with Gasteiger partial charge in [0.1, 0.15) is 6.10 Å².